The molecule has 1 fully saturated rings. The van der Waals surface area contributed by atoms with Crippen LogP contribution < -0.4 is 10.1 Å². The quantitative estimate of drug-likeness (QED) is 0.650. The number of halogens is 1. The Hall–Kier alpha value is -1.60. The van der Waals surface area contributed by atoms with Crippen LogP contribution in [0.4, 0.5) is 0 Å². The first-order chi connectivity index (χ1) is 12.7. The number of nitrogens with zero attached hydrogens (tertiary/aromatic N) is 1. The maximum absolute atomic E-state index is 12.6. The maximum atomic E-state index is 12.6. The number of methoxy groups -OCH3 is 1. The van der Waals surface area contributed by atoms with Crippen molar-refractivity contribution in [2.24, 2.45) is 0 Å². The molecule has 2 aromatic rings. The van der Waals surface area contributed by atoms with Crippen LogP contribution in [0.15, 0.2) is 48.5 Å². The Morgan fingerprint density at radius 1 is 1.12 bits per heavy atom. The second-order valence-electron chi connectivity index (χ2n) is 6.58. The van der Waals surface area contributed by atoms with E-state index in [2.05, 4.69) is 44.9 Å². The Bertz CT molecular complexity index is 727. The number of carbonyl (C=O) groups excluding carboxylic acids is 1. The lowest BCUT2D eigenvalue weighted by Crippen LogP contribution is -2.40. The highest BCUT2D eigenvalue weighted by Gasteiger charge is 2.23. The normalized spacial score (nSPS) is 16.1. The minimum Gasteiger partial charge on any atom is -0.497 e. The number of amides is 1. The molecule has 0 bridgehead atoms. The van der Waals surface area contributed by atoms with E-state index in [9.17, 15) is 4.79 Å². The molecule has 5 heteroatoms. The molecule has 0 aliphatic carbocycles. The molecule has 138 valence electrons. The predicted molar refractivity (Wildman–Crippen MR) is 113 cm³/mol. The van der Waals surface area contributed by atoms with Crippen molar-refractivity contribution in [1.82, 2.24) is 10.2 Å². The van der Waals surface area contributed by atoms with Crippen LogP contribution in [0.3, 0.4) is 0 Å². The van der Waals surface area contributed by atoms with Crippen LogP contribution in [0.2, 0.25) is 0 Å². The Morgan fingerprint density at radius 3 is 2.46 bits per heavy atom. The minimum atomic E-state index is -0.00878. The summed E-state index contributed by atoms with van der Waals surface area (Å²) in [5.74, 6) is 0.847. The SMILES string of the molecule is COc1ccc([C@@H](CNC(=O)c2ccccc2I)N2CCCCC2)cc1. The van der Waals surface area contributed by atoms with E-state index in [0.29, 0.717) is 6.54 Å². The third kappa shape index (κ3) is 4.76. The van der Waals surface area contributed by atoms with Gasteiger partial charge < -0.3 is 10.1 Å². The smallest absolute Gasteiger partial charge is 0.252 e. The van der Waals surface area contributed by atoms with E-state index in [-0.39, 0.29) is 11.9 Å². The molecule has 1 aliphatic rings. The van der Waals surface area contributed by atoms with E-state index < -0.39 is 0 Å². The van der Waals surface area contributed by atoms with Crippen LogP contribution in [-0.2, 0) is 0 Å². The van der Waals surface area contributed by atoms with E-state index in [1.54, 1.807) is 7.11 Å². The van der Waals surface area contributed by atoms with Gasteiger partial charge in [0.1, 0.15) is 5.75 Å². The highest BCUT2D eigenvalue weighted by atomic mass is 127. The lowest BCUT2D eigenvalue weighted by molar-refractivity contribution is 0.0923. The zero-order chi connectivity index (χ0) is 18.4. The monoisotopic (exact) mass is 464 g/mol. The summed E-state index contributed by atoms with van der Waals surface area (Å²) in [5, 5.41) is 3.15. The van der Waals surface area contributed by atoms with Crippen molar-refractivity contribution in [3.63, 3.8) is 0 Å². The molecule has 1 amide bonds. The molecular formula is C21H25IN2O2. The minimum absolute atomic E-state index is 0.00878. The molecule has 0 unspecified atom stereocenters. The molecular weight excluding hydrogens is 439 g/mol. The molecule has 26 heavy (non-hydrogen) atoms. The lowest BCUT2D eigenvalue weighted by atomic mass is 10.0. The summed E-state index contributed by atoms with van der Waals surface area (Å²) in [6, 6.07) is 16.1. The van der Waals surface area contributed by atoms with Gasteiger partial charge in [0.2, 0.25) is 0 Å². The van der Waals surface area contributed by atoms with E-state index in [1.165, 1.54) is 24.8 Å². The standard InChI is InChI=1S/C21H25IN2O2/c1-26-17-11-9-16(10-12-17)20(24-13-5-2-6-14-24)15-23-21(25)18-7-3-4-8-19(18)22/h3-4,7-12,20H,2,5-6,13-15H2,1H3,(H,23,25)/t20-/m1/s1. The number of carbonyl (C=O) groups is 1. The Morgan fingerprint density at radius 2 is 1.81 bits per heavy atom. The van der Waals surface area contributed by atoms with Crippen molar-refractivity contribution in [2.45, 2.75) is 25.3 Å². The molecule has 1 aliphatic heterocycles. The van der Waals surface area contributed by atoms with Crippen LogP contribution >= 0.6 is 22.6 Å². The number of likely N-dealkylation sites (tertiary alicyclic amines) is 1. The Balaban J connectivity index is 1.74. The zero-order valence-electron chi connectivity index (χ0n) is 15.1. The van der Waals surface area contributed by atoms with Crippen LogP contribution in [0, 0.1) is 3.57 Å². The summed E-state index contributed by atoms with van der Waals surface area (Å²) < 4.78 is 6.25. The first kappa shape index (κ1) is 19.2. The lowest BCUT2D eigenvalue weighted by Gasteiger charge is -2.35. The van der Waals surface area contributed by atoms with E-state index in [4.69, 9.17) is 4.74 Å². The third-order valence-electron chi connectivity index (χ3n) is 4.91. The van der Waals surface area contributed by atoms with Gasteiger partial charge in [-0.25, -0.2) is 0 Å². The number of ether oxygens (including phenoxy) is 1. The van der Waals surface area contributed by atoms with Gasteiger partial charge >= 0.3 is 0 Å². The summed E-state index contributed by atoms with van der Waals surface area (Å²) in [6.45, 7) is 2.76. The van der Waals surface area contributed by atoms with Gasteiger partial charge in [-0.15, -0.1) is 0 Å². The van der Waals surface area contributed by atoms with Crippen molar-refractivity contribution in [3.05, 3.63) is 63.2 Å². The summed E-state index contributed by atoms with van der Waals surface area (Å²) >= 11 is 2.21. The van der Waals surface area contributed by atoms with Crippen molar-refractivity contribution >= 4 is 28.5 Å². The Labute approximate surface area is 169 Å². The molecule has 1 heterocycles. The fourth-order valence-electron chi connectivity index (χ4n) is 3.44. The second kappa shape index (κ2) is 9.37. The molecule has 0 saturated carbocycles. The molecule has 1 saturated heterocycles. The van der Waals surface area contributed by atoms with Crippen molar-refractivity contribution in [3.8, 4) is 5.75 Å². The number of nitrogens with one attached hydrogen (secondary N) is 1. The summed E-state index contributed by atoms with van der Waals surface area (Å²) in [4.78, 5) is 15.1. The topological polar surface area (TPSA) is 41.6 Å². The summed E-state index contributed by atoms with van der Waals surface area (Å²) in [5.41, 5.74) is 1.95. The first-order valence-corrected chi connectivity index (χ1v) is 10.2. The van der Waals surface area contributed by atoms with Gasteiger partial charge in [0, 0.05) is 10.1 Å². The van der Waals surface area contributed by atoms with Gasteiger partial charge in [0.15, 0.2) is 0 Å². The number of piperidine rings is 1. The number of benzene rings is 2. The second-order valence-corrected chi connectivity index (χ2v) is 7.74. The number of hydrogen-bond acceptors (Lipinski definition) is 3. The van der Waals surface area contributed by atoms with Gasteiger partial charge in [-0.2, -0.15) is 0 Å². The fourth-order valence-corrected chi connectivity index (χ4v) is 4.08. The molecule has 1 atom stereocenters. The van der Waals surface area contributed by atoms with E-state index in [1.807, 2.05) is 36.4 Å². The average molecular weight is 464 g/mol. The molecule has 0 spiro atoms. The van der Waals surface area contributed by atoms with Crippen LogP contribution in [0.5, 0.6) is 5.75 Å². The van der Waals surface area contributed by atoms with Gasteiger partial charge in [0.05, 0.1) is 18.7 Å². The van der Waals surface area contributed by atoms with Crippen LogP contribution in [0.1, 0.15) is 41.2 Å². The highest BCUT2D eigenvalue weighted by molar-refractivity contribution is 14.1. The molecule has 0 aromatic heterocycles. The Kier molecular flexibility index (Phi) is 6.91. The van der Waals surface area contributed by atoms with Crippen molar-refractivity contribution in [1.29, 1.82) is 0 Å². The van der Waals surface area contributed by atoms with Gasteiger partial charge in [-0.05, 0) is 78.4 Å². The zero-order valence-corrected chi connectivity index (χ0v) is 17.2. The maximum Gasteiger partial charge on any atom is 0.252 e. The molecule has 2 aromatic carbocycles. The van der Waals surface area contributed by atoms with E-state index in [0.717, 1.165) is 28.0 Å². The van der Waals surface area contributed by atoms with Gasteiger partial charge in [0.25, 0.3) is 5.91 Å². The average Bonchev–Trinajstić information content (AvgIpc) is 2.69. The molecule has 1 N–H and O–H groups in total. The summed E-state index contributed by atoms with van der Waals surface area (Å²) in [7, 11) is 1.68. The molecule has 3 rings (SSSR count). The van der Waals surface area contributed by atoms with E-state index >= 15 is 0 Å². The highest BCUT2D eigenvalue weighted by Crippen LogP contribution is 2.26. The van der Waals surface area contributed by atoms with Crippen molar-refractivity contribution in [2.75, 3.05) is 26.7 Å². The third-order valence-corrected chi connectivity index (χ3v) is 5.85. The van der Waals surface area contributed by atoms with Crippen LogP contribution in [-0.4, -0.2) is 37.6 Å². The van der Waals surface area contributed by atoms with Gasteiger partial charge in [-0.3, -0.25) is 9.69 Å². The molecule has 0 radical (unpaired) electrons. The first-order valence-electron chi connectivity index (χ1n) is 9.10. The number of rotatable bonds is 6. The number of hydrogen-bond donors (Lipinski definition) is 1. The summed E-state index contributed by atoms with van der Waals surface area (Å²) in [6.07, 6.45) is 3.73. The fraction of sp³-hybridized carbons (Fsp3) is 0.381. The predicted octanol–water partition coefficient (Wildman–Crippen LogP) is 4.26. The van der Waals surface area contributed by atoms with Crippen LogP contribution in [0.25, 0.3) is 0 Å². The van der Waals surface area contributed by atoms with Gasteiger partial charge in [-0.1, -0.05) is 30.7 Å². The molecule has 4 nitrogen and oxygen atoms in total. The van der Waals surface area contributed by atoms with Crippen molar-refractivity contribution < 1.29 is 9.53 Å². The largest absolute Gasteiger partial charge is 0.497 e.